The molecule has 1 aromatic rings. The van der Waals surface area contributed by atoms with Gasteiger partial charge in [0.1, 0.15) is 11.7 Å². The minimum Gasteiger partial charge on any atom is -0.298 e. The predicted octanol–water partition coefficient (Wildman–Crippen LogP) is 2.68. The largest absolute Gasteiger partial charge is 0.298 e. The summed E-state index contributed by atoms with van der Waals surface area (Å²) in [6.45, 7) is 1.23. The van der Waals surface area contributed by atoms with Crippen LogP contribution in [0, 0.1) is 17.1 Å². The predicted molar refractivity (Wildman–Crippen MR) is 50.4 cm³/mol. The Morgan fingerprint density at radius 2 is 2.29 bits per heavy atom. The van der Waals surface area contributed by atoms with Crippen LogP contribution in [0.2, 0.25) is 5.02 Å². The molecule has 2 nitrogen and oxygen atoms in total. The van der Waals surface area contributed by atoms with Gasteiger partial charge >= 0.3 is 0 Å². The van der Waals surface area contributed by atoms with Gasteiger partial charge in [-0.25, -0.2) is 4.39 Å². The number of carbonyl (C=O) groups is 1. The van der Waals surface area contributed by atoms with Crippen molar-refractivity contribution in [2.75, 3.05) is 0 Å². The van der Waals surface area contributed by atoms with Gasteiger partial charge in [-0.3, -0.25) is 4.79 Å². The molecule has 0 heterocycles. The third-order valence-corrected chi connectivity index (χ3v) is 2.15. The van der Waals surface area contributed by atoms with Crippen LogP contribution in [0.3, 0.4) is 0 Å². The smallest absolute Gasteiger partial charge is 0.151 e. The van der Waals surface area contributed by atoms with Gasteiger partial charge in [-0.05, 0) is 19.1 Å². The molecule has 72 valence electrons. The maximum atomic E-state index is 13.3. The number of ketones is 1. The monoisotopic (exact) mass is 211 g/mol. The highest BCUT2D eigenvalue weighted by atomic mass is 35.5. The van der Waals surface area contributed by atoms with Gasteiger partial charge in [0.2, 0.25) is 0 Å². The highest BCUT2D eigenvalue weighted by Crippen LogP contribution is 2.27. The zero-order valence-electron chi connectivity index (χ0n) is 7.42. The Kier molecular flexibility index (Phi) is 3.21. The summed E-state index contributed by atoms with van der Waals surface area (Å²) in [5.74, 6) is -2.16. The number of nitrogens with zero attached hydrogens (tertiary/aromatic N) is 1. The number of nitriles is 1. The number of carbonyl (C=O) groups excluding carboxylic acids is 1. The van der Waals surface area contributed by atoms with Crippen molar-refractivity contribution in [1.82, 2.24) is 0 Å². The third kappa shape index (κ3) is 1.91. The van der Waals surface area contributed by atoms with Crippen LogP contribution in [0.4, 0.5) is 4.39 Å². The molecule has 0 aliphatic carbocycles. The van der Waals surface area contributed by atoms with Crippen molar-refractivity contribution in [3.8, 4) is 6.07 Å². The molecule has 1 rings (SSSR count). The Morgan fingerprint density at radius 3 is 2.71 bits per heavy atom. The molecule has 0 aliphatic heterocycles. The molecule has 0 aliphatic rings. The molecule has 4 heteroatoms. The van der Waals surface area contributed by atoms with E-state index in [4.69, 9.17) is 16.9 Å². The molecule has 1 aromatic carbocycles. The molecule has 0 spiro atoms. The second kappa shape index (κ2) is 4.21. The summed E-state index contributed by atoms with van der Waals surface area (Å²) in [5, 5.41) is 8.81. The van der Waals surface area contributed by atoms with Crippen molar-refractivity contribution >= 4 is 17.4 Å². The van der Waals surface area contributed by atoms with Crippen molar-refractivity contribution in [3.05, 3.63) is 34.6 Å². The fourth-order valence-electron chi connectivity index (χ4n) is 1.15. The zero-order valence-corrected chi connectivity index (χ0v) is 8.18. The molecule has 0 radical (unpaired) electrons. The summed E-state index contributed by atoms with van der Waals surface area (Å²) in [6.07, 6.45) is 0. The molecule has 0 saturated heterocycles. The summed E-state index contributed by atoms with van der Waals surface area (Å²) < 4.78 is 13.3. The number of benzene rings is 1. The lowest BCUT2D eigenvalue weighted by Gasteiger charge is -2.08. The average molecular weight is 212 g/mol. The van der Waals surface area contributed by atoms with E-state index in [0.29, 0.717) is 0 Å². The van der Waals surface area contributed by atoms with Gasteiger partial charge in [0.05, 0.1) is 6.07 Å². The Bertz CT molecular complexity index is 391. The number of hydrogen-bond acceptors (Lipinski definition) is 2. The molecule has 0 unspecified atom stereocenters. The van der Waals surface area contributed by atoms with E-state index in [1.807, 2.05) is 0 Å². The number of Topliss-reactive ketones (excluding diaryl/α,β-unsaturated/α-hetero) is 1. The zero-order chi connectivity index (χ0) is 10.7. The van der Waals surface area contributed by atoms with Gasteiger partial charge in [0.15, 0.2) is 5.78 Å². The summed E-state index contributed by atoms with van der Waals surface area (Å²) in [5.41, 5.74) is -0.0378. The average Bonchev–Trinajstić information content (AvgIpc) is 2.10. The van der Waals surface area contributed by atoms with Crippen molar-refractivity contribution in [2.24, 2.45) is 0 Å². The molecule has 0 amide bonds. The van der Waals surface area contributed by atoms with Crippen LogP contribution in [0.5, 0.6) is 0 Å². The molecule has 0 N–H and O–H groups in total. The van der Waals surface area contributed by atoms with E-state index in [0.717, 1.165) is 0 Å². The molecular weight excluding hydrogens is 205 g/mol. The van der Waals surface area contributed by atoms with E-state index < -0.39 is 17.5 Å². The summed E-state index contributed by atoms with van der Waals surface area (Å²) >= 11 is 5.70. The lowest BCUT2D eigenvalue weighted by molar-refractivity contribution is -0.117. The van der Waals surface area contributed by atoms with Crippen molar-refractivity contribution in [3.63, 3.8) is 0 Å². The van der Waals surface area contributed by atoms with Gasteiger partial charge in [0, 0.05) is 10.6 Å². The van der Waals surface area contributed by atoms with E-state index in [1.165, 1.54) is 25.1 Å². The molecular formula is C10H7ClFNO. The van der Waals surface area contributed by atoms with E-state index in [2.05, 4.69) is 0 Å². The van der Waals surface area contributed by atoms with Crippen LogP contribution in [-0.4, -0.2) is 5.78 Å². The van der Waals surface area contributed by atoms with Crippen LogP contribution < -0.4 is 0 Å². The van der Waals surface area contributed by atoms with E-state index in [9.17, 15) is 9.18 Å². The number of hydrogen-bond donors (Lipinski definition) is 0. The first kappa shape index (κ1) is 10.7. The van der Waals surface area contributed by atoms with Gasteiger partial charge in [0.25, 0.3) is 0 Å². The first-order valence-corrected chi connectivity index (χ1v) is 4.29. The van der Waals surface area contributed by atoms with E-state index in [-0.39, 0.29) is 10.6 Å². The number of halogens is 2. The van der Waals surface area contributed by atoms with Crippen LogP contribution in [0.1, 0.15) is 18.4 Å². The molecule has 0 saturated carbocycles. The second-order valence-electron chi connectivity index (χ2n) is 2.81. The summed E-state index contributed by atoms with van der Waals surface area (Å²) in [4.78, 5) is 11.0. The maximum Gasteiger partial charge on any atom is 0.151 e. The van der Waals surface area contributed by atoms with Gasteiger partial charge < -0.3 is 0 Å². The topological polar surface area (TPSA) is 40.9 Å². The standard InChI is InChI=1S/C10H7ClFNO/c1-6(14)7(5-13)10-8(11)3-2-4-9(10)12/h2-4,7H,1H3/t7-/m1/s1. The Balaban J connectivity index is 3.31. The third-order valence-electron chi connectivity index (χ3n) is 1.82. The first-order valence-electron chi connectivity index (χ1n) is 3.92. The Hall–Kier alpha value is -1.40. The minimum absolute atomic E-state index is 0.0378. The van der Waals surface area contributed by atoms with Crippen molar-refractivity contribution in [2.45, 2.75) is 12.8 Å². The highest BCUT2D eigenvalue weighted by molar-refractivity contribution is 6.31. The fraction of sp³-hybridized carbons (Fsp3) is 0.200. The minimum atomic E-state index is -1.12. The maximum absolute atomic E-state index is 13.3. The Morgan fingerprint density at radius 1 is 1.64 bits per heavy atom. The lowest BCUT2D eigenvalue weighted by Crippen LogP contribution is -2.09. The van der Waals surface area contributed by atoms with Crippen LogP contribution >= 0.6 is 11.6 Å². The molecule has 14 heavy (non-hydrogen) atoms. The lowest BCUT2D eigenvalue weighted by atomic mass is 9.96. The normalized spacial score (nSPS) is 11.9. The fourth-order valence-corrected chi connectivity index (χ4v) is 1.42. The first-order chi connectivity index (χ1) is 6.57. The second-order valence-corrected chi connectivity index (χ2v) is 3.22. The van der Waals surface area contributed by atoms with Crippen LogP contribution in [0.15, 0.2) is 18.2 Å². The molecule has 1 atom stereocenters. The Labute approximate surface area is 85.9 Å². The quantitative estimate of drug-likeness (QED) is 0.755. The van der Waals surface area contributed by atoms with Gasteiger partial charge in [-0.1, -0.05) is 17.7 Å². The van der Waals surface area contributed by atoms with E-state index >= 15 is 0 Å². The molecule has 0 bridgehead atoms. The molecule has 0 aromatic heterocycles. The molecule has 0 fully saturated rings. The van der Waals surface area contributed by atoms with Gasteiger partial charge in [-0.15, -0.1) is 0 Å². The summed E-state index contributed by atoms with van der Waals surface area (Å²) in [7, 11) is 0. The van der Waals surface area contributed by atoms with E-state index in [1.54, 1.807) is 6.07 Å². The SMILES string of the molecule is CC(=O)[C@@H](C#N)c1c(F)cccc1Cl. The number of rotatable bonds is 2. The van der Waals surface area contributed by atoms with Crippen LogP contribution in [-0.2, 0) is 4.79 Å². The van der Waals surface area contributed by atoms with Gasteiger partial charge in [-0.2, -0.15) is 5.26 Å². The van der Waals surface area contributed by atoms with Crippen LogP contribution in [0.25, 0.3) is 0 Å². The van der Waals surface area contributed by atoms with Crippen molar-refractivity contribution in [1.29, 1.82) is 5.26 Å². The highest BCUT2D eigenvalue weighted by Gasteiger charge is 2.22. The van der Waals surface area contributed by atoms with Crippen molar-refractivity contribution < 1.29 is 9.18 Å². The summed E-state index contributed by atoms with van der Waals surface area (Å²) in [6, 6.07) is 5.78.